The highest BCUT2D eigenvalue weighted by Crippen LogP contribution is 2.28. The molecule has 0 aliphatic heterocycles. The summed E-state index contributed by atoms with van der Waals surface area (Å²) in [5, 5.41) is 19.9. The van der Waals surface area contributed by atoms with E-state index in [9.17, 15) is 23.6 Å². The first-order valence-corrected chi connectivity index (χ1v) is 6.69. The minimum Gasteiger partial charge on any atom is -0.502 e. The Bertz CT molecular complexity index is 633. The van der Waals surface area contributed by atoms with E-state index in [4.69, 9.17) is 6.42 Å². The van der Waals surface area contributed by atoms with Gasteiger partial charge in [-0.15, -0.1) is 12.3 Å². The normalized spacial score (nSPS) is 12.6. The van der Waals surface area contributed by atoms with Crippen LogP contribution in [0.15, 0.2) is 23.1 Å². The number of sulfonamides is 1. The fourth-order valence-electron chi connectivity index (χ4n) is 1.37. The molecule has 0 fully saturated rings. The average Bonchev–Trinajstić information content (AvgIpc) is 2.28. The molecule has 2 N–H and O–H groups in total. The van der Waals surface area contributed by atoms with E-state index < -0.39 is 32.4 Å². The van der Waals surface area contributed by atoms with Crippen molar-refractivity contribution in [3.8, 4) is 18.1 Å². The van der Waals surface area contributed by atoms with Crippen LogP contribution < -0.4 is 4.72 Å². The third-order valence-corrected chi connectivity index (χ3v) is 3.82. The number of nitro groups is 1. The number of terminal acetylenes is 1. The highest BCUT2D eigenvalue weighted by molar-refractivity contribution is 7.89. The molecule has 19 heavy (non-hydrogen) atoms. The third-order valence-electron chi connectivity index (χ3n) is 2.23. The van der Waals surface area contributed by atoms with Crippen molar-refractivity contribution in [1.29, 1.82) is 0 Å². The lowest BCUT2D eigenvalue weighted by atomic mass is 10.3. The number of nitrogens with zero attached hydrogens (tertiary/aromatic N) is 1. The first kappa shape index (κ1) is 14.9. The lowest BCUT2D eigenvalue weighted by Crippen LogP contribution is -2.32. The molecule has 0 spiro atoms. The fourth-order valence-corrected chi connectivity index (χ4v) is 2.63. The summed E-state index contributed by atoms with van der Waals surface area (Å²) in [7, 11) is -3.92. The van der Waals surface area contributed by atoms with E-state index in [0.29, 0.717) is 0 Å². The second kappa shape index (κ2) is 5.69. The van der Waals surface area contributed by atoms with Crippen LogP contribution in [0.5, 0.6) is 5.75 Å². The lowest BCUT2D eigenvalue weighted by Gasteiger charge is -2.11. The Balaban J connectivity index is 3.13. The molecule has 8 heteroatoms. The molecule has 1 aromatic carbocycles. The molecule has 0 saturated heterocycles. The number of nitro benzene ring substituents is 1. The maximum atomic E-state index is 11.9. The molecule has 0 aliphatic carbocycles. The first-order valence-electron chi connectivity index (χ1n) is 5.21. The maximum Gasteiger partial charge on any atom is 0.312 e. The molecule has 102 valence electrons. The zero-order valence-corrected chi connectivity index (χ0v) is 10.8. The zero-order valence-electron chi connectivity index (χ0n) is 10.0. The Morgan fingerprint density at radius 3 is 2.74 bits per heavy atom. The fraction of sp³-hybridized carbons (Fsp3) is 0.273. The van der Waals surface area contributed by atoms with Crippen LogP contribution in [-0.4, -0.2) is 24.5 Å². The van der Waals surface area contributed by atoms with E-state index in [-0.39, 0.29) is 11.3 Å². The van der Waals surface area contributed by atoms with Gasteiger partial charge in [0.2, 0.25) is 10.0 Å². The van der Waals surface area contributed by atoms with Crippen LogP contribution in [0.1, 0.15) is 13.3 Å². The van der Waals surface area contributed by atoms with Crippen LogP contribution in [0.2, 0.25) is 0 Å². The number of nitrogens with one attached hydrogen (secondary N) is 1. The van der Waals surface area contributed by atoms with Crippen LogP contribution in [0.4, 0.5) is 5.69 Å². The lowest BCUT2D eigenvalue weighted by molar-refractivity contribution is -0.386. The molecule has 1 rings (SSSR count). The molecule has 0 aliphatic rings. The zero-order chi connectivity index (χ0) is 14.6. The van der Waals surface area contributed by atoms with E-state index in [0.717, 1.165) is 18.2 Å². The number of rotatable bonds is 5. The van der Waals surface area contributed by atoms with Gasteiger partial charge in [-0.25, -0.2) is 13.1 Å². The Morgan fingerprint density at radius 2 is 2.21 bits per heavy atom. The van der Waals surface area contributed by atoms with Gasteiger partial charge < -0.3 is 5.11 Å². The molecule has 1 unspecified atom stereocenters. The van der Waals surface area contributed by atoms with Crippen LogP contribution in [0.3, 0.4) is 0 Å². The number of phenols is 1. The summed E-state index contributed by atoms with van der Waals surface area (Å²) in [6, 6.07) is 2.33. The molecule has 0 saturated carbocycles. The largest absolute Gasteiger partial charge is 0.502 e. The van der Waals surface area contributed by atoms with Gasteiger partial charge in [0.05, 0.1) is 9.82 Å². The second-order valence-electron chi connectivity index (χ2n) is 3.84. The van der Waals surface area contributed by atoms with Crippen molar-refractivity contribution < 1.29 is 18.4 Å². The summed E-state index contributed by atoms with van der Waals surface area (Å²) in [5.74, 6) is 1.71. The molecule has 0 amide bonds. The molecular weight excluding hydrogens is 272 g/mol. The van der Waals surface area contributed by atoms with Gasteiger partial charge in [0, 0.05) is 18.5 Å². The van der Waals surface area contributed by atoms with Crippen LogP contribution in [0.25, 0.3) is 0 Å². The first-order chi connectivity index (χ1) is 8.77. The van der Waals surface area contributed by atoms with Crippen molar-refractivity contribution in [3.05, 3.63) is 28.3 Å². The van der Waals surface area contributed by atoms with Crippen molar-refractivity contribution in [1.82, 2.24) is 4.72 Å². The van der Waals surface area contributed by atoms with Crippen LogP contribution in [-0.2, 0) is 10.0 Å². The predicted octanol–water partition coefficient (Wildman–Crippen LogP) is 0.990. The minimum absolute atomic E-state index is 0.194. The van der Waals surface area contributed by atoms with Crippen LogP contribution in [0, 0.1) is 22.5 Å². The topological polar surface area (TPSA) is 110 Å². The van der Waals surface area contributed by atoms with Gasteiger partial charge in [0.25, 0.3) is 0 Å². The van der Waals surface area contributed by atoms with Gasteiger partial charge in [-0.3, -0.25) is 10.1 Å². The monoisotopic (exact) mass is 284 g/mol. The third kappa shape index (κ3) is 3.67. The van der Waals surface area contributed by atoms with E-state index in [1.54, 1.807) is 6.92 Å². The smallest absolute Gasteiger partial charge is 0.312 e. The number of hydrogen-bond donors (Lipinski definition) is 2. The highest BCUT2D eigenvalue weighted by Gasteiger charge is 2.22. The molecule has 0 heterocycles. The van der Waals surface area contributed by atoms with E-state index in [2.05, 4.69) is 10.6 Å². The number of benzene rings is 1. The summed E-state index contributed by atoms with van der Waals surface area (Å²) in [4.78, 5) is 9.46. The van der Waals surface area contributed by atoms with E-state index in [1.165, 1.54) is 0 Å². The molecular formula is C11H12N2O5S. The van der Waals surface area contributed by atoms with Crippen molar-refractivity contribution in [3.63, 3.8) is 0 Å². The number of hydrogen-bond acceptors (Lipinski definition) is 5. The predicted molar refractivity (Wildman–Crippen MR) is 68.0 cm³/mol. The molecule has 0 bridgehead atoms. The summed E-state index contributed by atoms with van der Waals surface area (Å²) < 4.78 is 26.1. The van der Waals surface area contributed by atoms with Crippen molar-refractivity contribution >= 4 is 15.7 Å². The summed E-state index contributed by atoms with van der Waals surface area (Å²) in [5.41, 5.74) is -0.674. The molecule has 0 aromatic heterocycles. The number of phenolic OH excluding ortho intramolecular Hbond substituents is 1. The molecule has 1 aromatic rings. The van der Waals surface area contributed by atoms with Gasteiger partial charge in [-0.05, 0) is 19.1 Å². The Kier molecular flexibility index (Phi) is 4.47. The van der Waals surface area contributed by atoms with Gasteiger partial charge in [-0.1, -0.05) is 0 Å². The van der Waals surface area contributed by atoms with Gasteiger partial charge in [0.1, 0.15) is 0 Å². The van der Waals surface area contributed by atoms with Gasteiger partial charge >= 0.3 is 5.69 Å². The highest BCUT2D eigenvalue weighted by atomic mass is 32.2. The second-order valence-corrected chi connectivity index (χ2v) is 5.55. The average molecular weight is 284 g/mol. The van der Waals surface area contributed by atoms with Crippen LogP contribution >= 0.6 is 0 Å². The summed E-state index contributed by atoms with van der Waals surface area (Å²) in [6.45, 7) is 1.58. The SMILES string of the molecule is C#CCC(C)NS(=O)(=O)c1ccc(O)c([N+](=O)[O-])c1. The standard InChI is InChI=1S/C11H12N2O5S/c1-3-4-8(2)12-19(17,18)9-5-6-11(14)10(7-9)13(15)16/h1,5-8,12,14H,4H2,2H3. The van der Waals surface area contributed by atoms with Crippen molar-refractivity contribution in [2.45, 2.75) is 24.3 Å². The minimum atomic E-state index is -3.92. The van der Waals surface area contributed by atoms with Crippen molar-refractivity contribution in [2.24, 2.45) is 0 Å². The Labute approximate surface area is 110 Å². The molecule has 0 radical (unpaired) electrons. The summed E-state index contributed by atoms with van der Waals surface area (Å²) >= 11 is 0. The van der Waals surface area contributed by atoms with Gasteiger partial charge in [0.15, 0.2) is 5.75 Å². The molecule has 7 nitrogen and oxygen atoms in total. The number of aromatic hydroxyl groups is 1. The quantitative estimate of drug-likeness (QED) is 0.476. The summed E-state index contributed by atoms with van der Waals surface area (Å²) in [6.07, 6.45) is 5.26. The van der Waals surface area contributed by atoms with E-state index in [1.807, 2.05) is 0 Å². The Morgan fingerprint density at radius 1 is 1.58 bits per heavy atom. The van der Waals surface area contributed by atoms with Crippen molar-refractivity contribution in [2.75, 3.05) is 0 Å². The molecule has 1 atom stereocenters. The maximum absolute atomic E-state index is 11.9. The van der Waals surface area contributed by atoms with Gasteiger partial charge in [-0.2, -0.15) is 0 Å². The Hall–Kier alpha value is -2.11. The van der Waals surface area contributed by atoms with E-state index >= 15 is 0 Å².